The normalized spacial score (nSPS) is 10.8. The van der Waals surface area contributed by atoms with Crippen molar-refractivity contribution in [1.82, 2.24) is 9.97 Å². The van der Waals surface area contributed by atoms with Gasteiger partial charge in [-0.25, -0.2) is 14.8 Å². The maximum absolute atomic E-state index is 11.4. The van der Waals surface area contributed by atoms with Crippen LogP contribution in [0.3, 0.4) is 0 Å². The molecule has 122 valence electrons. The molecule has 24 heavy (non-hydrogen) atoms. The summed E-state index contributed by atoms with van der Waals surface area (Å²) in [6.07, 6.45) is 0. The minimum absolute atomic E-state index is 0.0502. The third kappa shape index (κ3) is 2.71. The summed E-state index contributed by atoms with van der Waals surface area (Å²) in [7, 11) is 1.50. The predicted octanol–water partition coefficient (Wildman–Crippen LogP) is 2.55. The van der Waals surface area contributed by atoms with Crippen LogP contribution >= 0.6 is 0 Å². The molecule has 0 aliphatic carbocycles. The third-order valence-corrected chi connectivity index (χ3v) is 3.55. The summed E-state index contributed by atoms with van der Waals surface area (Å²) in [5.74, 6) is -1.02. The van der Waals surface area contributed by atoms with Gasteiger partial charge in [-0.2, -0.15) is 0 Å². The van der Waals surface area contributed by atoms with E-state index in [1.54, 1.807) is 24.3 Å². The van der Waals surface area contributed by atoms with E-state index in [2.05, 4.69) is 9.97 Å². The number of carbonyl (C=O) groups is 2. The highest BCUT2D eigenvalue weighted by Gasteiger charge is 2.16. The van der Waals surface area contributed by atoms with Crippen LogP contribution in [-0.2, 0) is 16.1 Å². The smallest absolute Gasteiger partial charge is 0.337 e. The Kier molecular flexibility index (Phi) is 3.99. The van der Waals surface area contributed by atoms with Crippen LogP contribution < -0.4 is 4.74 Å². The molecule has 0 spiro atoms. The molecule has 0 radical (unpaired) electrons. The highest BCUT2D eigenvalue weighted by Crippen LogP contribution is 2.29. The van der Waals surface area contributed by atoms with E-state index in [9.17, 15) is 14.7 Å². The summed E-state index contributed by atoms with van der Waals surface area (Å²) in [6, 6.07) is 8.19. The van der Waals surface area contributed by atoms with E-state index in [0.29, 0.717) is 27.9 Å². The molecule has 0 aliphatic heterocycles. The fourth-order valence-electron chi connectivity index (χ4n) is 2.44. The lowest BCUT2D eigenvalue weighted by molar-refractivity contribution is -0.142. The second-order valence-electron chi connectivity index (χ2n) is 5.11. The van der Waals surface area contributed by atoms with E-state index >= 15 is 0 Å². The molecule has 0 saturated carbocycles. The van der Waals surface area contributed by atoms with Crippen LogP contribution in [0, 0.1) is 0 Å². The number of hydrogen-bond acceptors (Lipinski definition) is 6. The topological polar surface area (TPSA) is 98.6 Å². The summed E-state index contributed by atoms with van der Waals surface area (Å²) in [5, 5.41) is 9.32. The molecule has 0 saturated heterocycles. The third-order valence-electron chi connectivity index (χ3n) is 3.55. The zero-order valence-electron chi connectivity index (χ0n) is 13.1. The molecule has 0 aliphatic rings. The van der Waals surface area contributed by atoms with Crippen LogP contribution in [0.2, 0.25) is 0 Å². The zero-order chi connectivity index (χ0) is 17.3. The molecule has 7 nitrogen and oxygen atoms in total. The van der Waals surface area contributed by atoms with E-state index in [4.69, 9.17) is 9.47 Å². The van der Waals surface area contributed by atoms with Crippen molar-refractivity contribution >= 4 is 34.0 Å². The highest BCUT2D eigenvalue weighted by molar-refractivity contribution is 6.03. The predicted molar refractivity (Wildman–Crippen MR) is 86.0 cm³/mol. The highest BCUT2D eigenvalue weighted by atomic mass is 16.5. The van der Waals surface area contributed by atoms with Crippen LogP contribution in [-0.4, -0.2) is 34.1 Å². The van der Waals surface area contributed by atoms with Gasteiger partial charge in [0.1, 0.15) is 23.4 Å². The van der Waals surface area contributed by atoms with Crippen molar-refractivity contribution in [2.24, 2.45) is 0 Å². The lowest BCUT2D eigenvalue weighted by Crippen LogP contribution is -2.04. The van der Waals surface area contributed by atoms with Gasteiger partial charge in [-0.15, -0.1) is 0 Å². The van der Waals surface area contributed by atoms with Crippen LogP contribution in [0.1, 0.15) is 22.8 Å². The first-order valence-electron chi connectivity index (χ1n) is 7.14. The molecule has 2 aromatic carbocycles. The Labute approximate surface area is 136 Å². The molecule has 0 atom stereocenters. The Hall–Kier alpha value is -3.22. The van der Waals surface area contributed by atoms with Gasteiger partial charge >= 0.3 is 11.9 Å². The molecule has 3 aromatic rings. The number of methoxy groups -OCH3 is 1. The molecule has 0 amide bonds. The van der Waals surface area contributed by atoms with E-state index in [-0.39, 0.29) is 17.7 Å². The van der Waals surface area contributed by atoms with Gasteiger partial charge in [-0.05, 0) is 24.3 Å². The first-order valence-corrected chi connectivity index (χ1v) is 7.14. The average Bonchev–Trinajstić information content (AvgIpc) is 2.57. The number of ether oxygens (including phenoxy) is 2. The maximum atomic E-state index is 11.4. The molecule has 7 heteroatoms. The molecular formula is C17H14N2O5. The van der Waals surface area contributed by atoms with Crippen LogP contribution in [0.5, 0.6) is 5.75 Å². The van der Waals surface area contributed by atoms with Gasteiger partial charge in [0.15, 0.2) is 0 Å². The van der Waals surface area contributed by atoms with Crippen molar-refractivity contribution in [2.45, 2.75) is 13.5 Å². The number of hydrogen-bond donors (Lipinski definition) is 1. The Morgan fingerprint density at radius 3 is 2.54 bits per heavy atom. The number of rotatable bonds is 4. The second kappa shape index (κ2) is 6.11. The number of esters is 1. The Balaban J connectivity index is 2.31. The van der Waals surface area contributed by atoms with E-state index in [0.717, 1.165) is 0 Å². The number of aromatic nitrogens is 2. The van der Waals surface area contributed by atoms with Crippen molar-refractivity contribution in [1.29, 1.82) is 0 Å². The lowest BCUT2D eigenvalue weighted by Gasteiger charge is -2.11. The average molecular weight is 326 g/mol. The van der Waals surface area contributed by atoms with Crippen molar-refractivity contribution < 1.29 is 24.2 Å². The van der Waals surface area contributed by atoms with Gasteiger partial charge < -0.3 is 14.6 Å². The van der Waals surface area contributed by atoms with Crippen LogP contribution in [0.4, 0.5) is 0 Å². The molecule has 1 heterocycles. The molecule has 3 rings (SSSR count). The standard InChI is InChI=1S/C17H14N2O5/c1-9(20)24-8-10-6-7-13(23-2)16-14(10)18-12-5-3-4-11(17(21)22)15(12)19-16/h3-7H,8H2,1-2H3,(H,21,22). The van der Waals surface area contributed by atoms with Crippen molar-refractivity contribution in [2.75, 3.05) is 7.11 Å². The molecule has 0 fully saturated rings. The Morgan fingerprint density at radius 2 is 1.88 bits per heavy atom. The molecule has 1 N–H and O–H groups in total. The van der Waals surface area contributed by atoms with E-state index < -0.39 is 11.9 Å². The van der Waals surface area contributed by atoms with Gasteiger partial charge in [-0.1, -0.05) is 6.07 Å². The summed E-state index contributed by atoms with van der Waals surface area (Å²) in [4.78, 5) is 31.4. The van der Waals surface area contributed by atoms with Gasteiger partial charge in [0, 0.05) is 12.5 Å². The molecule has 0 unspecified atom stereocenters. The monoisotopic (exact) mass is 326 g/mol. The van der Waals surface area contributed by atoms with Crippen molar-refractivity contribution in [3.8, 4) is 5.75 Å². The van der Waals surface area contributed by atoms with E-state index in [1.807, 2.05) is 0 Å². The summed E-state index contributed by atoms with van der Waals surface area (Å²) in [6.45, 7) is 1.38. The van der Waals surface area contributed by atoms with E-state index in [1.165, 1.54) is 20.1 Å². The number of carboxylic acids is 1. The molecular weight excluding hydrogens is 312 g/mol. The zero-order valence-corrected chi connectivity index (χ0v) is 13.1. The van der Waals surface area contributed by atoms with Crippen LogP contribution in [0.25, 0.3) is 22.1 Å². The van der Waals surface area contributed by atoms with Gasteiger partial charge in [0.2, 0.25) is 0 Å². The van der Waals surface area contributed by atoms with Crippen molar-refractivity contribution in [3.05, 3.63) is 41.5 Å². The number of carboxylic acid groups (broad SMARTS) is 1. The van der Waals surface area contributed by atoms with Crippen LogP contribution in [0.15, 0.2) is 30.3 Å². The minimum Gasteiger partial charge on any atom is -0.494 e. The largest absolute Gasteiger partial charge is 0.494 e. The van der Waals surface area contributed by atoms with Gasteiger partial charge in [-0.3, -0.25) is 4.79 Å². The summed E-state index contributed by atoms with van der Waals surface area (Å²) < 4.78 is 10.3. The van der Waals surface area contributed by atoms with Gasteiger partial charge in [0.05, 0.1) is 23.7 Å². The maximum Gasteiger partial charge on any atom is 0.337 e. The lowest BCUT2D eigenvalue weighted by atomic mass is 10.1. The number of aromatic carboxylic acids is 1. The second-order valence-corrected chi connectivity index (χ2v) is 5.11. The molecule has 0 bridgehead atoms. The number of carbonyl (C=O) groups excluding carboxylic acids is 1. The number of benzene rings is 2. The fraction of sp³-hybridized carbons (Fsp3) is 0.176. The number of para-hydroxylation sites is 1. The quantitative estimate of drug-likeness (QED) is 0.581. The van der Waals surface area contributed by atoms with Gasteiger partial charge in [0.25, 0.3) is 0 Å². The minimum atomic E-state index is -1.08. The fourth-order valence-corrected chi connectivity index (χ4v) is 2.44. The number of fused-ring (bicyclic) bond motifs is 2. The first kappa shape index (κ1) is 15.7. The summed E-state index contributed by atoms with van der Waals surface area (Å²) >= 11 is 0. The first-order chi connectivity index (χ1) is 11.5. The Morgan fingerprint density at radius 1 is 1.08 bits per heavy atom. The SMILES string of the molecule is COc1ccc(COC(C)=O)c2nc3cccc(C(=O)O)c3nc12. The summed E-state index contributed by atoms with van der Waals surface area (Å²) in [5.41, 5.74) is 2.37. The Bertz CT molecular complexity index is 968. The number of nitrogens with zero attached hydrogens (tertiary/aromatic N) is 2. The molecule has 1 aromatic heterocycles. The van der Waals surface area contributed by atoms with Crippen molar-refractivity contribution in [3.63, 3.8) is 0 Å².